The molecule has 2 aromatic carbocycles. The standard InChI is InChI=1S/C23H21I2N3O5/c24-18-10-15(12-20-22(29)27(23(30)26-20)16-4-2-1-3-5-16)11-19(25)21(18)33-13-14-6-8-17(9-7-14)28(31)32/h6-12,16H,1-5,13H2,(H,26,30)/b20-12-. The highest BCUT2D eigenvalue weighted by molar-refractivity contribution is 14.1. The van der Waals surface area contributed by atoms with E-state index in [0.29, 0.717) is 5.75 Å². The predicted octanol–water partition coefficient (Wildman–Crippen LogP) is 5.61. The number of benzene rings is 2. The average molecular weight is 673 g/mol. The number of non-ortho nitro benzene ring substituents is 1. The molecule has 0 bridgehead atoms. The molecular weight excluding hydrogens is 652 g/mol. The van der Waals surface area contributed by atoms with Crippen LogP contribution in [0.5, 0.6) is 5.75 Å². The van der Waals surface area contributed by atoms with Crippen LogP contribution in [0.3, 0.4) is 0 Å². The lowest BCUT2D eigenvalue weighted by molar-refractivity contribution is -0.384. The number of urea groups is 1. The van der Waals surface area contributed by atoms with Gasteiger partial charge < -0.3 is 10.1 Å². The summed E-state index contributed by atoms with van der Waals surface area (Å²) in [5, 5.41) is 13.5. The summed E-state index contributed by atoms with van der Waals surface area (Å²) in [6.07, 6.45) is 6.66. The van der Waals surface area contributed by atoms with E-state index in [9.17, 15) is 19.7 Å². The first-order valence-corrected chi connectivity index (χ1v) is 12.7. The zero-order chi connectivity index (χ0) is 23.5. The van der Waals surface area contributed by atoms with Crippen LogP contribution in [-0.2, 0) is 11.4 Å². The van der Waals surface area contributed by atoms with Gasteiger partial charge >= 0.3 is 6.03 Å². The first-order valence-electron chi connectivity index (χ1n) is 10.5. The molecular formula is C23H21I2N3O5. The highest BCUT2D eigenvalue weighted by atomic mass is 127. The molecule has 1 aliphatic carbocycles. The van der Waals surface area contributed by atoms with Crippen LogP contribution >= 0.6 is 45.2 Å². The molecule has 2 aliphatic rings. The fourth-order valence-electron chi connectivity index (χ4n) is 4.06. The Morgan fingerprint density at radius 2 is 1.73 bits per heavy atom. The summed E-state index contributed by atoms with van der Waals surface area (Å²) in [7, 11) is 0. The summed E-state index contributed by atoms with van der Waals surface area (Å²) in [5.41, 5.74) is 1.94. The Kier molecular flexibility index (Phi) is 7.51. The van der Waals surface area contributed by atoms with Crippen LogP contribution in [0.1, 0.15) is 43.2 Å². The molecule has 3 amide bonds. The van der Waals surface area contributed by atoms with Crippen LogP contribution in [0.15, 0.2) is 42.1 Å². The van der Waals surface area contributed by atoms with Gasteiger partial charge in [-0.15, -0.1) is 0 Å². The van der Waals surface area contributed by atoms with E-state index >= 15 is 0 Å². The second kappa shape index (κ2) is 10.4. The maximum Gasteiger partial charge on any atom is 0.329 e. The second-order valence-electron chi connectivity index (χ2n) is 7.98. The van der Waals surface area contributed by atoms with E-state index in [-0.39, 0.29) is 36.0 Å². The number of nitro benzene ring substituents is 1. The van der Waals surface area contributed by atoms with Crippen molar-refractivity contribution in [3.63, 3.8) is 0 Å². The predicted molar refractivity (Wildman–Crippen MR) is 140 cm³/mol. The fourth-order valence-corrected chi connectivity index (χ4v) is 6.18. The Morgan fingerprint density at radius 1 is 1.09 bits per heavy atom. The van der Waals surface area contributed by atoms with Gasteiger partial charge in [-0.3, -0.25) is 19.8 Å². The lowest BCUT2D eigenvalue weighted by Crippen LogP contribution is -2.41. The normalized spacial score (nSPS) is 18.0. The van der Waals surface area contributed by atoms with Gasteiger partial charge in [0.15, 0.2) is 0 Å². The molecule has 1 saturated heterocycles. The maximum atomic E-state index is 12.9. The molecule has 10 heteroatoms. The molecule has 1 N–H and O–H groups in total. The highest BCUT2D eigenvalue weighted by Gasteiger charge is 2.38. The lowest BCUT2D eigenvalue weighted by Gasteiger charge is -2.28. The number of hydrogen-bond donors (Lipinski definition) is 1. The zero-order valence-corrected chi connectivity index (χ0v) is 21.9. The molecule has 1 aliphatic heterocycles. The van der Waals surface area contributed by atoms with Gasteiger partial charge in [-0.25, -0.2) is 4.79 Å². The number of nitrogens with one attached hydrogen (secondary N) is 1. The van der Waals surface area contributed by atoms with Crippen molar-refractivity contribution in [2.75, 3.05) is 0 Å². The summed E-state index contributed by atoms with van der Waals surface area (Å²) in [4.78, 5) is 37.1. The molecule has 0 radical (unpaired) electrons. The number of nitro groups is 1. The number of carbonyl (C=O) groups is 2. The Hall–Kier alpha value is -2.22. The summed E-state index contributed by atoms with van der Waals surface area (Å²) in [6, 6.07) is 9.67. The average Bonchev–Trinajstić information content (AvgIpc) is 3.06. The molecule has 1 heterocycles. The number of amides is 3. The Bertz CT molecular complexity index is 1100. The molecule has 0 aromatic heterocycles. The molecule has 2 fully saturated rings. The zero-order valence-electron chi connectivity index (χ0n) is 17.6. The van der Waals surface area contributed by atoms with E-state index in [1.165, 1.54) is 17.0 Å². The van der Waals surface area contributed by atoms with Gasteiger partial charge in [0.05, 0.1) is 12.1 Å². The van der Waals surface area contributed by atoms with E-state index in [2.05, 4.69) is 50.5 Å². The molecule has 4 rings (SSSR count). The largest absolute Gasteiger partial charge is 0.487 e. The molecule has 172 valence electrons. The number of hydrogen-bond acceptors (Lipinski definition) is 5. The lowest BCUT2D eigenvalue weighted by atomic mass is 9.94. The maximum absolute atomic E-state index is 12.9. The van der Waals surface area contributed by atoms with E-state index in [4.69, 9.17) is 4.74 Å². The third-order valence-electron chi connectivity index (χ3n) is 5.71. The number of imide groups is 1. The van der Waals surface area contributed by atoms with Gasteiger partial charge in [0, 0.05) is 18.2 Å². The fraction of sp³-hybridized carbons (Fsp3) is 0.304. The van der Waals surface area contributed by atoms with Gasteiger partial charge in [0.1, 0.15) is 18.1 Å². The SMILES string of the molecule is O=C1N/C(=C\c2cc(I)c(OCc3ccc([N+](=O)[O-])cc3)c(I)c2)C(=O)N1C1CCCCC1. The van der Waals surface area contributed by atoms with Crippen LogP contribution in [0.2, 0.25) is 0 Å². The minimum atomic E-state index is -0.435. The number of nitrogens with zero attached hydrogens (tertiary/aromatic N) is 2. The van der Waals surface area contributed by atoms with Crippen molar-refractivity contribution in [1.29, 1.82) is 0 Å². The van der Waals surface area contributed by atoms with Crippen molar-refractivity contribution in [1.82, 2.24) is 10.2 Å². The minimum Gasteiger partial charge on any atom is -0.487 e. The first-order chi connectivity index (χ1) is 15.8. The van der Waals surface area contributed by atoms with Gasteiger partial charge in [-0.1, -0.05) is 19.3 Å². The third kappa shape index (κ3) is 5.48. The van der Waals surface area contributed by atoms with Crippen molar-refractivity contribution in [3.05, 3.63) is 70.5 Å². The van der Waals surface area contributed by atoms with Gasteiger partial charge in [0.2, 0.25) is 0 Å². The molecule has 1 saturated carbocycles. The number of carbonyl (C=O) groups excluding carboxylic acids is 2. The minimum absolute atomic E-state index is 0.0207. The molecule has 0 atom stereocenters. The summed E-state index contributed by atoms with van der Waals surface area (Å²) in [5.74, 6) is 0.428. The van der Waals surface area contributed by atoms with Crippen molar-refractivity contribution in [3.8, 4) is 5.75 Å². The molecule has 2 aromatic rings. The number of halogens is 2. The second-order valence-corrected chi connectivity index (χ2v) is 10.3. The Morgan fingerprint density at radius 3 is 2.33 bits per heavy atom. The van der Waals surface area contributed by atoms with Crippen molar-refractivity contribution in [2.45, 2.75) is 44.8 Å². The van der Waals surface area contributed by atoms with Gasteiger partial charge in [-0.05, 0) is 99.5 Å². The first kappa shape index (κ1) is 23.9. The summed E-state index contributed by atoms with van der Waals surface area (Å²) >= 11 is 4.34. The van der Waals surface area contributed by atoms with Crippen molar-refractivity contribution in [2.24, 2.45) is 0 Å². The van der Waals surface area contributed by atoms with E-state index in [1.807, 2.05) is 12.1 Å². The molecule has 33 heavy (non-hydrogen) atoms. The highest BCUT2D eigenvalue weighted by Crippen LogP contribution is 2.32. The van der Waals surface area contributed by atoms with Crippen LogP contribution in [-0.4, -0.2) is 27.8 Å². The number of ether oxygens (including phenoxy) is 1. The Balaban J connectivity index is 1.47. The third-order valence-corrected chi connectivity index (χ3v) is 7.31. The summed E-state index contributed by atoms with van der Waals surface area (Å²) < 4.78 is 7.67. The molecule has 0 spiro atoms. The van der Waals surface area contributed by atoms with E-state index in [1.54, 1.807) is 18.2 Å². The Labute approximate surface area is 218 Å². The quantitative estimate of drug-likeness (QED) is 0.141. The van der Waals surface area contributed by atoms with Crippen molar-refractivity contribution >= 4 is 68.9 Å². The molecule has 8 nitrogen and oxygen atoms in total. The van der Waals surface area contributed by atoms with Crippen LogP contribution in [0.4, 0.5) is 10.5 Å². The monoisotopic (exact) mass is 673 g/mol. The van der Waals surface area contributed by atoms with E-state index < -0.39 is 4.92 Å². The van der Waals surface area contributed by atoms with E-state index in [0.717, 1.165) is 50.4 Å². The van der Waals surface area contributed by atoms with Crippen LogP contribution < -0.4 is 10.1 Å². The van der Waals surface area contributed by atoms with Gasteiger partial charge in [-0.2, -0.15) is 0 Å². The topological polar surface area (TPSA) is 102 Å². The number of rotatable bonds is 6. The van der Waals surface area contributed by atoms with Gasteiger partial charge in [0.25, 0.3) is 11.6 Å². The van der Waals surface area contributed by atoms with Crippen LogP contribution in [0.25, 0.3) is 6.08 Å². The summed E-state index contributed by atoms with van der Waals surface area (Å²) in [6.45, 7) is 0.273. The molecule has 0 unspecified atom stereocenters. The van der Waals surface area contributed by atoms with Crippen molar-refractivity contribution < 1.29 is 19.2 Å². The van der Waals surface area contributed by atoms with Crippen LogP contribution in [0, 0.1) is 17.3 Å². The smallest absolute Gasteiger partial charge is 0.329 e.